The second kappa shape index (κ2) is 5.77. The number of hydrogen-bond donors (Lipinski definition) is 3. The van der Waals surface area contributed by atoms with Gasteiger partial charge in [-0.15, -0.1) is 0 Å². The van der Waals surface area contributed by atoms with Crippen LogP contribution >= 0.6 is 0 Å². The molecule has 0 amide bonds. The molecule has 1 aliphatic rings. The van der Waals surface area contributed by atoms with Gasteiger partial charge in [-0.1, -0.05) is 19.1 Å². The highest BCUT2D eigenvalue weighted by molar-refractivity contribution is 5.82. The highest BCUT2D eigenvalue weighted by atomic mass is 19.4. The maximum absolute atomic E-state index is 13.2. The summed E-state index contributed by atoms with van der Waals surface area (Å²) in [5.41, 5.74) is 13.1. The molecule has 132 valence electrons. The van der Waals surface area contributed by atoms with Crippen LogP contribution in [0.3, 0.4) is 0 Å². The van der Waals surface area contributed by atoms with Gasteiger partial charge in [-0.05, 0) is 42.3 Å². The van der Waals surface area contributed by atoms with Crippen LogP contribution in [0.25, 0.3) is 0 Å². The molecule has 2 unspecified atom stereocenters. The van der Waals surface area contributed by atoms with Crippen LogP contribution in [0.2, 0.25) is 0 Å². The fraction of sp³-hybridized carbons (Fsp3) is 0.278. The van der Waals surface area contributed by atoms with Gasteiger partial charge in [-0.3, -0.25) is 0 Å². The lowest BCUT2D eigenvalue weighted by atomic mass is 9.79. The molecule has 4 nitrogen and oxygen atoms in total. The molecule has 0 saturated heterocycles. The van der Waals surface area contributed by atoms with Crippen molar-refractivity contribution in [3.05, 3.63) is 58.7 Å². The molecule has 0 aliphatic carbocycles. The highest BCUT2D eigenvalue weighted by Gasteiger charge is 2.40. The Kier molecular flexibility index (Phi) is 3.99. The standard InChI is InChI=1S/C18H19F3N4/c1-10-13(4-3-5-14(10)18(19,20)21)11(2)17(23)15-8-12(22)6-7-16(15)24-9-25-17/h3-9,11H,22-23H2,1-2H3,(H,24,25). The number of nitrogens with two attached hydrogens (primary N) is 2. The molecule has 25 heavy (non-hydrogen) atoms. The summed E-state index contributed by atoms with van der Waals surface area (Å²) in [4.78, 5) is 4.36. The Bertz CT molecular complexity index is 845. The lowest BCUT2D eigenvalue weighted by molar-refractivity contribution is -0.138. The molecule has 7 heteroatoms. The number of anilines is 2. The van der Waals surface area contributed by atoms with Crippen molar-refractivity contribution in [2.24, 2.45) is 10.7 Å². The molecule has 2 aromatic rings. The normalized spacial score (nSPS) is 20.7. The predicted molar refractivity (Wildman–Crippen MR) is 93.4 cm³/mol. The third kappa shape index (κ3) is 2.84. The number of nitrogen functional groups attached to an aromatic ring is 1. The molecule has 0 aromatic heterocycles. The number of halogens is 3. The SMILES string of the molecule is Cc1c(C(C)C2(N)N=CNc3ccc(N)cc32)cccc1C(F)(F)F. The summed E-state index contributed by atoms with van der Waals surface area (Å²) in [5, 5.41) is 2.99. The maximum atomic E-state index is 13.2. The molecule has 1 heterocycles. The monoisotopic (exact) mass is 348 g/mol. The van der Waals surface area contributed by atoms with Crippen molar-refractivity contribution in [1.29, 1.82) is 0 Å². The largest absolute Gasteiger partial charge is 0.416 e. The molecule has 3 rings (SSSR count). The van der Waals surface area contributed by atoms with Gasteiger partial charge in [-0.2, -0.15) is 13.2 Å². The molecule has 5 N–H and O–H groups in total. The Balaban J connectivity index is 2.13. The minimum Gasteiger partial charge on any atom is -0.399 e. The number of rotatable bonds is 2. The topological polar surface area (TPSA) is 76.4 Å². The van der Waals surface area contributed by atoms with Crippen molar-refractivity contribution >= 4 is 17.7 Å². The van der Waals surface area contributed by atoms with Crippen LogP contribution in [0.15, 0.2) is 41.4 Å². The first-order chi connectivity index (χ1) is 11.6. The molecular formula is C18H19F3N4. The van der Waals surface area contributed by atoms with Crippen molar-refractivity contribution < 1.29 is 13.2 Å². The van der Waals surface area contributed by atoms with Crippen molar-refractivity contribution in [1.82, 2.24) is 0 Å². The Hall–Kier alpha value is -2.54. The van der Waals surface area contributed by atoms with Gasteiger partial charge in [0.2, 0.25) is 0 Å². The summed E-state index contributed by atoms with van der Waals surface area (Å²) in [7, 11) is 0. The molecule has 0 saturated carbocycles. The van der Waals surface area contributed by atoms with Crippen LogP contribution in [-0.2, 0) is 11.8 Å². The molecule has 0 bridgehead atoms. The van der Waals surface area contributed by atoms with Gasteiger partial charge in [0, 0.05) is 22.9 Å². The van der Waals surface area contributed by atoms with E-state index in [1.54, 1.807) is 31.2 Å². The lowest BCUT2D eigenvalue weighted by Gasteiger charge is -2.37. The summed E-state index contributed by atoms with van der Waals surface area (Å²) in [6.07, 6.45) is -2.95. The lowest BCUT2D eigenvalue weighted by Crippen LogP contribution is -2.43. The van der Waals surface area contributed by atoms with Gasteiger partial charge in [0.15, 0.2) is 0 Å². The first-order valence-corrected chi connectivity index (χ1v) is 7.80. The zero-order valence-electron chi connectivity index (χ0n) is 13.9. The molecule has 0 spiro atoms. The van der Waals surface area contributed by atoms with Crippen LogP contribution in [0.5, 0.6) is 0 Å². The Morgan fingerprint density at radius 3 is 2.60 bits per heavy atom. The Labute approximate surface area is 143 Å². The minimum atomic E-state index is -4.42. The summed E-state index contributed by atoms with van der Waals surface area (Å²) in [6, 6.07) is 9.35. The van der Waals surface area contributed by atoms with E-state index in [-0.39, 0.29) is 5.56 Å². The van der Waals surface area contributed by atoms with Crippen LogP contribution in [-0.4, -0.2) is 6.34 Å². The van der Waals surface area contributed by atoms with Crippen LogP contribution in [0, 0.1) is 6.92 Å². The van der Waals surface area contributed by atoms with E-state index in [2.05, 4.69) is 10.3 Å². The second-order valence-corrected chi connectivity index (χ2v) is 6.27. The number of benzene rings is 2. The van der Waals surface area contributed by atoms with E-state index in [1.807, 2.05) is 0 Å². The van der Waals surface area contributed by atoms with Crippen molar-refractivity contribution in [3.63, 3.8) is 0 Å². The molecule has 0 radical (unpaired) electrons. The molecule has 2 aromatic carbocycles. The average Bonchev–Trinajstić information content (AvgIpc) is 2.54. The van der Waals surface area contributed by atoms with E-state index in [0.29, 0.717) is 16.8 Å². The molecule has 0 fully saturated rings. The first kappa shape index (κ1) is 17.3. The van der Waals surface area contributed by atoms with E-state index in [0.717, 1.165) is 11.8 Å². The third-order valence-electron chi connectivity index (χ3n) is 4.78. The summed E-state index contributed by atoms with van der Waals surface area (Å²) < 4.78 is 39.7. The first-order valence-electron chi connectivity index (χ1n) is 7.80. The van der Waals surface area contributed by atoms with Gasteiger partial charge in [0.05, 0.1) is 11.9 Å². The third-order valence-corrected chi connectivity index (χ3v) is 4.78. The number of fused-ring (bicyclic) bond motifs is 1. The van der Waals surface area contributed by atoms with Gasteiger partial charge in [0.25, 0.3) is 0 Å². The van der Waals surface area contributed by atoms with Crippen LogP contribution in [0.4, 0.5) is 24.5 Å². The molecular weight excluding hydrogens is 329 g/mol. The zero-order chi connectivity index (χ0) is 18.4. The smallest absolute Gasteiger partial charge is 0.399 e. The van der Waals surface area contributed by atoms with Crippen LogP contribution in [0.1, 0.15) is 35.1 Å². The summed E-state index contributed by atoms with van der Waals surface area (Å²) in [5.74, 6) is -0.492. The Morgan fingerprint density at radius 1 is 1.20 bits per heavy atom. The number of nitrogens with one attached hydrogen (secondary N) is 1. The van der Waals surface area contributed by atoms with E-state index < -0.39 is 23.3 Å². The van der Waals surface area contributed by atoms with Gasteiger partial charge in [-0.25, -0.2) is 4.99 Å². The summed E-state index contributed by atoms with van der Waals surface area (Å²) >= 11 is 0. The minimum absolute atomic E-state index is 0.159. The van der Waals surface area contributed by atoms with Gasteiger partial charge in [0.1, 0.15) is 5.66 Å². The van der Waals surface area contributed by atoms with E-state index in [4.69, 9.17) is 11.5 Å². The Morgan fingerprint density at radius 2 is 1.92 bits per heavy atom. The predicted octanol–water partition coefficient (Wildman–Crippen LogP) is 3.97. The quantitative estimate of drug-likeness (QED) is 0.719. The van der Waals surface area contributed by atoms with Crippen molar-refractivity contribution in [2.75, 3.05) is 11.1 Å². The van der Waals surface area contributed by atoms with Crippen LogP contribution < -0.4 is 16.8 Å². The van der Waals surface area contributed by atoms with Crippen molar-refractivity contribution in [2.45, 2.75) is 31.6 Å². The average molecular weight is 348 g/mol. The number of hydrogen-bond acceptors (Lipinski definition) is 4. The number of aliphatic imine (C=N–C) groups is 1. The van der Waals surface area contributed by atoms with E-state index >= 15 is 0 Å². The highest BCUT2D eigenvalue weighted by Crippen LogP contribution is 2.44. The van der Waals surface area contributed by atoms with Gasteiger partial charge >= 0.3 is 6.18 Å². The molecule has 1 aliphatic heterocycles. The zero-order valence-corrected chi connectivity index (χ0v) is 13.9. The van der Waals surface area contributed by atoms with E-state index in [9.17, 15) is 13.2 Å². The van der Waals surface area contributed by atoms with Crippen molar-refractivity contribution in [3.8, 4) is 0 Å². The van der Waals surface area contributed by atoms with E-state index in [1.165, 1.54) is 19.3 Å². The summed E-state index contributed by atoms with van der Waals surface area (Å²) in [6.45, 7) is 3.24. The second-order valence-electron chi connectivity index (χ2n) is 6.27. The fourth-order valence-electron chi connectivity index (χ4n) is 3.31. The van der Waals surface area contributed by atoms with Gasteiger partial charge < -0.3 is 16.8 Å². The maximum Gasteiger partial charge on any atom is 0.416 e. The molecule has 2 atom stereocenters. The number of alkyl halides is 3. The fourth-order valence-corrected chi connectivity index (χ4v) is 3.31. The number of nitrogens with zero attached hydrogens (tertiary/aromatic N) is 1.